The second-order valence-electron chi connectivity index (χ2n) is 6.97. The minimum atomic E-state index is -0.229. The lowest BCUT2D eigenvalue weighted by Crippen LogP contribution is -2.25. The Morgan fingerprint density at radius 1 is 0.966 bits per heavy atom. The van der Waals surface area contributed by atoms with E-state index in [4.69, 9.17) is 0 Å². The molecule has 0 radical (unpaired) electrons. The van der Waals surface area contributed by atoms with Gasteiger partial charge in [-0.05, 0) is 29.8 Å². The number of fused-ring (bicyclic) bond motifs is 1. The number of amides is 1. The summed E-state index contributed by atoms with van der Waals surface area (Å²) in [6, 6.07) is 20.6. The van der Waals surface area contributed by atoms with Gasteiger partial charge in [0.1, 0.15) is 11.2 Å². The zero-order chi connectivity index (χ0) is 20.4. The van der Waals surface area contributed by atoms with Gasteiger partial charge in [-0.2, -0.15) is 5.10 Å². The van der Waals surface area contributed by atoms with Crippen LogP contribution >= 0.6 is 0 Å². The van der Waals surface area contributed by atoms with Crippen LogP contribution in [-0.2, 0) is 6.54 Å². The van der Waals surface area contributed by atoms with Gasteiger partial charge in [-0.3, -0.25) is 14.6 Å². The number of carbonyl (C=O) groups is 1. The first-order chi connectivity index (χ1) is 14.0. The third-order valence-electron chi connectivity index (χ3n) is 4.71. The molecule has 0 saturated heterocycles. The Morgan fingerprint density at radius 3 is 2.38 bits per heavy atom. The lowest BCUT2D eigenvalue weighted by atomic mass is 10.0. The zero-order valence-electron chi connectivity index (χ0n) is 16.2. The van der Waals surface area contributed by atoms with Crippen molar-refractivity contribution in [3.05, 3.63) is 94.4 Å². The van der Waals surface area contributed by atoms with E-state index in [9.17, 15) is 9.59 Å². The lowest BCUT2D eigenvalue weighted by molar-refractivity contribution is 0.0827. The maximum absolute atomic E-state index is 12.9. The third-order valence-corrected chi connectivity index (χ3v) is 4.71. The van der Waals surface area contributed by atoms with Crippen LogP contribution in [0.3, 0.4) is 0 Å². The van der Waals surface area contributed by atoms with Crippen molar-refractivity contribution in [2.45, 2.75) is 6.54 Å². The average molecular weight is 384 g/mol. The molecule has 0 aliphatic rings. The van der Waals surface area contributed by atoms with Gasteiger partial charge in [-0.1, -0.05) is 42.5 Å². The first-order valence-corrected chi connectivity index (χ1v) is 9.26. The molecule has 0 bridgehead atoms. The van der Waals surface area contributed by atoms with Crippen molar-refractivity contribution in [2.24, 2.45) is 0 Å². The predicted molar refractivity (Wildman–Crippen MR) is 113 cm³/mol. The first-order valence-electron chi connectivity index (χ1n) is 9.26. The van der Waals surface area contributed by atoms with Crippen LogP contribution in [0, 0.1) is 0 Å². The van der Waals surface area contributed by atoms with Gasteiger partial charge in [0.25, 0.3) is 11.5 Å². The predicted octanol–water partition coefficient (Wildman–Crippen LogP) is 3.21. The summed E-state index contributed by atoms with van der Waals surface area (Å²) in [4.78, 5) is 30.9. The molecule has 4 rings (SSSR count). The summed E-state index contributed by atoms with van der Waals surface area (Å²) in [7, 11) is 3.44. The molecule has 0 N–H and O–H groups in total. The third kappa shape index (κ3) is 3.65. The van der Waals surface area contributed by atoms with Crippen molar-refractivity contribution < 1.29 is 4.79 Å². The van der Waals surface area contributed by atoms with E-state index in [-0.39, 0.29) is 11.5 Å². The highest BCUT2D eigenvalue weighted by Gasteiger charge is 2.14. The first kappa shape index (κ1) is 18.6. The van der Waals surface area contributed by atoms with Crippen LogP contribution in [0.5, 0.6) is 0 Å². The van der Waals surface area contributed by atoms with Crippen LogP contribution in [0.15, 0.2) is 77.7 Å². The van der Waals surface area contributed by atoms with E-state index in [1.165, 1.54) is 9.58 Å². The molecule has 0 aliphatic carbocycles. The Morgan fingerprint density at radius 2 is 1.69 bits per heavy atom. The quantitative estimate of drug-likeness (QED) is 0.542. The van der Waals surface area contributed by atoms with E-state index in [0.29, 0.717) is 28.7 Å². The van der Waals surface area contributed by atoms with Crippen molar-refractivity contribution in [1.29, 1.82) is 0 Å². The van der Waals surface area contributed by atoms with Crippen molar-refractivity contribution in [1.82, 2.24) is 19.7 Å². The number of aromatic nitrogens is 3. The number of pyridine rings is 1. The Kier molecular flexibility index (Phi) is 4.91. The monoisotopic (exact) mass is 384 g/mol. The highest BCUT2D eigenvalue weighted by molar-refractivity contribution is 5.95. The molecular weight excluding hydrogens is 364 g/mol. The summed E-state index contributed by atoms with van der Waals surface area (Å²) >= 11 is 0. The molecule has 0 unspecified atom stereocenters. The standard InChI is InChI=1S/C23H20N4O2/c1-26(2)22(28)18-12-10-17(11-13-18)20-19-9-6-14-24-21(19)23(29)27(25-20)15-16-7-4-3-5-8-16/h3-14H,15H2,1-2H3. The van der Waals surface area contributed by atoms with Gasteiger partial charge in [0.15, 0.2) is 0 Å². The number of benzene rings is 2. The van der Waals surface area contributed by atoms with Gasteiger partial charge in [-0.25, -0.2) is 4.68 Å². The molecule has 2 aromatic heterocycles. The Hall–Kier alpha value is -3.80. The van der Waals surface area contributed by atoms with E-state index in [1.54, 1.807) is 38.5 Å². The van der Waals surface area contributed by atoms with Gasteiger partial charge in [-0.15, -0.1) is 0 Å². The molecule has 0 fully saturated rings. The van der Waals surface area contributed by atoms with Crippen LogP contribution in [0.4, 0.5) is 0 Å². The smallest absolute Gasteiger partial charge is 0.293 e. The molecule has 0 atom stereocenters. The second-order valence-corrected chi connectivity index (χ2v) is 6.97. The Labute approximate surface area is 168 Å². The van der Waals surface area contributed by atoms with Crippen molar-refractivity contribution in [2.75, 3.05) is 14.1 Å². The minimum absolute atomic E-state index is 0.0647. The number of hydrogen-bond donors (Lipinski definition) is 0. The van der Waals surface area contributed by atoms with E-state index >= 15 is 0 Å². The number of hydrogen-bond acceptors (Lipinski definition) is 4. The maximum Gasteiger partial charge on any atom is 0.293 e. The van der Waals surface area contributed by atoms with E-state index in [2.05, 4.69) is 10.1 Å². The summed E-state index contributed by atoms with van der Waals surface area (Å²) in [6.07, 6.45) is 1.61. The number of rotatable bonds is 4. The molecule has 6 heteroatoms. The fraction of sp³-hybridized carbons (Fsp3) is 0.130. The molecule has 29 heavy (non-hydrogen) atoms. The highest BCUT2D eigenvalue weighted by atomic mass is 16.2. The summed E-state index contributed by atoms with van der Waals surface area (Å²) in [5.41, 5.74) is 3.20. The molecule has 2 aromatic carbocycles. The van der Waals surface area contributed by atoms with Gasteiger partial charge < -0.3 is 4.90 Å². The highest BCUT2D eigenvalue weighted by Crippen LogP contribution is 2.24. The fourth-order valence-electron chi connectivity index (χ4n) is 3.21. The van der Waals surface area contributed by atoms with Crippen LogP contribution in [0.25, 0.3) is 22.2 Å². The topological polar surface area (TPSA) is 68.1 Å². The van der Waals surface area contributed by atoms with Crippen molar-refractivity contribution in [3.63, 3.8) is 0 Å². The summed E-state index contributed by atoms with van der Waals surface area (Å²) in [5, 5.41) is 5.33. The zero-order valence-corrected chi connectivity index (χ0v) is 16.2. The second kappa shape index (κ2) is 7.67. The molecule has 0 saturated carbocycles. The molecule has 0 aliphatic heterocycles. The fourth-order valence-corrected chi connectivity index (χ4v) is 3.21. The normalized spacial score (nSPS) is 10.8. The molecule has 144 valence electrons. The van der Waals surface area contributed by atoms with Crippen LogP contribution in [0.2, 0.25) is 0 Å². The summed E-state index contributed by atoms with van der Waals surface area (Å²) in [5.74, 6) is -0.0647. The summed E-state index contributed by atoms with van der Waals surface area (Å²) < 4.78 is 1.44. The molecule has 6 nitrogen and oxygen atoms in total. The number of carbonyl (C=O) groups excluding carboxylic acids is 1. The van der Waals surface area contributed by atoms with E-state index < -0.39 is 0 Å². The average Bonchev–Trinajstić information content (AvgIpc) is 2.76. The maximum atomic E-state index is 12.9. The lowest BCUT2D eigenvalue weighted by Gasteiger charge is -2.12. The van der Waals surface area contributed by atoms with Gasteiger partial charge in [0.2, 0.25) is 0 Å². The molecule has 1 amide bonds. The molecule has 4 aromatic rings. The van der Waals surface area contributed by atoms with Crippen molar-refractivity contribution >= 4 is 16.8 Å². The Bertz CT molecular complexity index is 1230. The summed E-state index contributed by atoms with van der Waals surface area (Å²) in [6.45, 7) is 0.358. The Balaban J connectivity index is 1.84. The van der Waals surface area contributed by atoms with Gasteiger partial charge >= 0.3 is 0 Å². The number of nitrogens with zero attached hydrogens (tertiary/aromatic N) is 4. The van der Waals surface area contributed by atoms with Crippen molar-refractivity contribution in [3.8, 4) is 11.3 Å². The minimum Gasteiger partial charge on any atom is -0.345 e. The largest absolute Gasteiger partial charge is 0.345 e. The van der Waals surface area contributed by atoms with Crippen LogP contribution in [-0.4, -0.2) is 39.7 Å². The SMILES string of the molecule is CN(C)C(=O)c1ccc(-c2nn(Cc3ccccc3)c(=O)c3ncccc23)cc1. The van der Waals surface area contributed by atoms with Gasteiger partial charge in [0, 0.05) is 36.8 Å². The van der Waals surface area contributed by atoms with Crippen LogP contribution in [0.1, 0.15) is 15.9 Å². The molecule has 2 heterocycles. The molecular formula is C23H20N4O2. The van der Waals surface area contributed by atoms with Crippen LogP contribution < -0.4 is 5.56 Å². The van der Waals surface area contributed by atoms with E-state index in [1.807, 2.05) is 48.5 Å². The van der Waals surface area contributed by atoms with E-state index in [0.717, 1.165) is 11.1 Å². The van der Waals surface area contributed by atoms with Gasteiger partial charge in [0.05, 0.1) is 6.54 Å². The molecule has 0 spiro atoms.